The molecule has 0 aliphatic carbocycles. The van der Waals surface area contributed by atoms with Crippen LogP contribution in [0.5, 0.6) is 5.75 Å². The number of nitrogens with one attached hydrogen (secondary N) is 1. The minimum Gasteiger partial charge on any atom is -0.476 e. The van der Waals surface area contributed by atoms with Gasteiger partial charge in [0.15, 0.2) is 6.10 Å². The Morgan fingerprint density at radius 2 is 1.75 bits per heavy atom. The summed E-state index contributed by atoms with van der Waals surface area (Å²) in [7, 11) is -3.95. The molecular formula is C23H20ClFN2O4S. The first-order valence-electron chi connectivity index (χ1n) is 9.91. The molecule has 4 rings (SSSR count). The van der Waals surface area contributed by atoms with Gasteiger partial charge in [-0.3, -0.25) is 9.10 Å². The number of hydrogen-bond acceptors (Lipinski definition) is 4. The molecule has 0 spiro atoms. The molecule has 3 aromatic rings. The van der Waals surface area contributed by atoms with Crippen molar-refractivity contribution in [1.82, 2.24) is 5.32 Å². The van der Waals surface area contributed by atoms with Crippen LogP contribution in [0.4, 0.5) is 10.1 Å². The van der Waals surface area contributed by atoms with Crippen LogP contribution in [0.15, 0.2) is 77.7 Å². The number of benzene rings is 3. The minimum atomic E-state index is -3.95. The van der Waals surface area contributed by atoms with Gasteiger partial charge in [0, 0.05) is 11.6 Å². The third-order valence-corrected chi connectivity index (χ3v) is 7.10. The smallest absolute Gasteiger partial charge is 0.264 e. The number of amides is 1. The van der Waals surface area contributed by atoms with Crippen molar-refractivity contribution < 1.29 is 22.3 Å². The molecule has 0 unspecified atom stereocenters. The largest absolute Gasteiger partial charge is 0.476 e. The van der Waals surface area contributed by atoms with Crippen molar-refractivity contribution in [2.45, 2.75) is 17.4 Å². The zero-order valence-corrected chi connectivity index (χ0v) is 18.4. The molecular weight excluding hydrogens is 455 g/mol. The number of ether oxygens (including phenoxy) is 1. The first kappa shape index (κ1) is 22.1. The summed E-state index contributed by atoms with van der Waals surface area (Å²) in [6.45, 7) is 0.125. The molecule has 1 heterocycles. The molecule has 0 aromatic heterocycles. The lowest BCUT2D eigenvalue weighted by Crippen LogP contribution is -2.51. The van der Waals surface area contributed by atoms with Crippen molar-refractivity contribution in [3.8, 4) is 5.75 Å². The zero-order valence-electron chi connectivity index (χ0n) is 16.9. The lowest BCUT2D eigenvalue weighted by atomic mass is 10.1. The average molecular weight is 475 g/mol. The summed E-state index contributed by atoms with van der Waals surface area (Å²) in [5.74, 6) is -0.457. The van der Waals surface area contributed by atoms with Gasteiger partial charge in [-0.25, -0.2) is 12.8 Å². The molecule has 32 heavy (non-hydrogen) atoms. The summed E-state index contributed by atoms with van der Waals surface area (Å²) in [4.78, 5) is 12.8. The highest BCUT2D eigenvalue weighted by Crippen LogP contribution is 2.36. The summed E-state index contributed by atoms with van der Waals surface area (Å²) >= 11 is 5.89. The summed E-state index contributed by atoms with van der Waals surface area (Å²) in [5, 5.41) is 3.19. The molecule has 1 aliphatic heterocycles. The van der Waals surface area contributed by atoms with Crippen LogP contribution in [0.1, 0.15) is 5.56 Å². The van der Waals surface area contributed by atoms with Crippen molar-refractivity contribution in [2.24, 2.45) is 0 Å². The second-order valence-electron chi connectivity index (χ2n) is 7.23. The number of fused-ring (bicyclic) bond motifs is 1. The Bertz CT molecular complexity index is 1220. The second kappa shape index (κ2) is 9.18. The van der Waals surface area contributed by atoms with Gasteiger partial charge < -0.3 is 10.1 Å². The number of rotatable bonds is 6. The Hall–Kier alpha value is -3.10. The van der Waals surface area contributed by atoms with E-state index in [1.807, 2.05) is 0 Å². The molecule has 0 bridgehead atoms. The van der Waals surface area contributed by atoms with Gasteiger partial charge in [-0.05, 0) is 60.5 Å². The van der Waals surface area contributed by atoms with E-state index in [9.17, 15) is 17.6 Å². The molecule has 9 heteroatoms. The first-order valence-corrected chi connectivity index (χ1v) is 11.7. The van der Waals surface area contributed by atoms with Crippen molar-refractivity contribution in [3.63, 3.8) is 0 Å². The Morgan fingerprint density at radius 1 is 1.06 bits per heavy atom. The maximum atomic E-state index is 13.3. The number of hydrogen-bond donors (Lipinski definition) is 1. The van der Waals surface area contributed by atoms with Crippen molar-refractivity contribution >= 4 is 33.2 Å². The standard InChI is InChI=1S/C23H20ClFN2O4S/c24-17-7-11-19(12-8-17)32(29,30)27-15-22(31-21-4-2-1-3-20(21)27)23(28)26-14-13-16-5-9-18(25)10-6-16/h1-12,22H,13-15H2,(H,26,28)/t22-/m0/s1. The monoisotopic (exact) mass is 474 g/mol. The minimum absolute atomic E-state index is 0.0640. The summed E-state index contributed by atoms with van der Waals surface area (Å²) < 4.78 is 46.7. The Balaban J connectivity index is 1.52. The molecule has 1 amide bonds. The second-order valence-corrected chi connectivity index (χ2v) is 9.53. The number of carbonyl (C=O) groups is 1. The molecule has 0 fully saturated rings. The van der Waals surface area contributed by atoms with E-state index < -0.39 is 22.0 Å². The van der Waals surface area contributed by atoms with Gasteiger partial charge in [0.05, 0.1) is 17.1 Å². The van der Waals surface area contributed by atoms with Gasteiger partial charge in [-0.1, -0.05) is 35.9 Å². The first-order chi connectivity index (χ1) is 15.3. The van der Waals surface area contributed by atoms with E-state index in [-0.39, 0.29) is 17.3 Å². The normalized spacial score (nSPS) is 15.6. The van der Waals surface area contributed by atoms with Crippen LogP contribution in [-0.2, 0) is 21.2 Å². The molecule has 1 N–H and O–H groups in total. The fraction of sp³-hybridized carbons (Fsp3) is 0.174. The topological polar surface area (TPSA) is 75.7 Å². The highest BCUT2D eigenvalue weighted by Gasteiger charge is 2.37. The lowest BCUT2D eigenvalue weighted by molar-refractivity contribution is -0.127. The third-order valence-electron chi connectivity index (χ3n) is 5.06. The number of anilines is 1. The molecule has 166 valence electrons. The number of carbonyl (C=O) groups excluding carboxylic acids is 1. The maximum absolute atomic E-state index is 13.3. The molecule has 3 aromatic carbocycles. The maximum Gasteiger partial charge on any atom is 0.264 e. The van der Waals surface area contributed by atoms with Gasteiger partial charge in [0.2, 0.25) is 0 Å². The summed E-state index contributed by atoms with van der Waals surface area (Å²) in [5.41, 5.74) is 1.23. The van der Waals surface area contributed by atoms with Crippen LogP contribution in [0.2, 0.25) is 5.02 Å². The quantitative estimate of drug-likeness (QED) is 0.589. The number of sulfonamides is 1. The SMILES string of the molecule is O=C(NCCc1ccc(F)cc1)[C@@H]1CN(S(=O)(=O)c2ccc(Cl)cc2)c2ccccc2O1. The van der Waals surface area contributed by atoms with Gasteiger partial charge in [0.25, 0.3) is 15.9 Å². The Kier molecular flexibility index (Phi) is 6.34. The van der Waals surface area contributed by atoms with Crippen LogP contribution in [0.25, 0.3) is 0 Å². The van der Waals surface area contributed by atoms with E-state index in [0.717, 1.165) is 5.56 Å². The number of nitrogens with zero attached hydrogens (tertiary/aromatic N) is 1. The predicted molar refractivity (Wildman–Crippen MR) is 120 cm³/mol. The van der Waals surface area contributed by atoms with Crippen LogP contribution < -0.4 is 14.4 Å². The Labute approximate surface area is 190 Å². The van der Waals surface area contributed by atoms with E-state index in [0.29, 0.717) is 29.4 Å². The molecule has 0 saturated heterocycles. The Morgan fingerprint density at radius 3 is 2.47 bits per heavy atom. The van der Waals surface area contributed by atoms with Gasteiger partial charge in [-0.2, -0.15) is 0 Å². The third kappa shape index (κ3) is 4.71. The van der Waals surface area contributed by atoms with Crippen LogP contribution >= 0.6 is 11.6 Å². The van der Waals surface area contributed by atoms with Gasteiger partial charge >= 0.3 is 0 Å². The molecule has 0 saturated carbocycles. The van der Waals surface area contributed by atoms with E-state index in [2.05, 4.69) is 5.32 Å². The van der Waals surface area contributed by atoms with Crippen LogP contribution in [0.3, 0.4) is 0 Å². The van der Waals surface area contributed by atoms with Crippen LogP contribution in [-0.4, -0.2) is 33.5 Å². The number of halogens is 2. The van der Waals surface area contributed by atoms with E-state index in [1.165, 1.54) is 40.7 Å². The zero-order chi connectivity index (χ0) is 22.7. The predicted octanol–water partition coefficient (Wildman–Crippen LogP) is 3.79. The van der Waals surface area contributed by atoms with Crippen LogP contribution in [0, 0.1) is 5.82 Å². The highest BCUT2D eigenvalue weighted by molar-refractivity contribution is 7.92. The van der Waals surface area contributed by atoms with E-state index in [4.69, 9.17) is 16.3 Å². The summed E-state index contributed by atoms with van der Waals surface area (Å²) in [6.07, 6.45) is -0.526. The van der Waals surface area contributed by atoms with E-state index >= 15 is 0 Å². The fourth-order valence-corrected chi connectivity index (χ4v) is 5.00. The molecule has 6 nitrogen and oxygen atoms in total. The number of para-hydroxylation sites is 2. The molecule has 0 radical (unpaired) electrons. The van der Waals surface area contributed by atoms with Crippen molar-refractivity contribution in [3.05, 3.63) is 89.2 Å². The van der Waals surface area contributed by atoms with Gasteiger partial charge in [-0.15, -0.1) is 0 Å². The lowest BCUT2D eigenvalue weighted by Gasteiger charge is -2.34. The average Bonchev–Trinajstić information content (AvgIpc) is 2.79. The molecule has 1 atom stereocenters. The van der Waals surface area contributed by atoms with Crippen molar-refractivity contribution in [2.75, 3.05) is 17.4 Å². The fourth-order valence-electron chi connectivity index (χ4n) is 3.40. The molecule has 1 aliphatic rings. The summed E-state index contributed by atoms with van der Waals surface area (Å²) in [6, 6.07) is 18.5. The van der Waals surface area contributed by atoms with Gasteiger partial charge in [0.1, 0.15) is 11.6 Å². The van der Waals surface area contributed by atoms with Crippen molar-refractivity contribution in [1.29, 1.82) is 0 Å². The van der Waals surface area contributed by atoms with E-state index in [1.54, 1.807) is 36.4 Å². The highest BCUT2D eigenvalue weighted by atomic mass is 35.5.